The van der Waals surface area contributed by atoms with Crippen LogP contribution in [0.25, 0.3) is 0 Å². The molecule has 0 fully saturated rings. The van der Waals surface area contributed by atoms with E-state index in [0.29, 0.717) is 0 Å². The quantitative estimate of drug-likeness (QED) is 0.858. The maximum atomic E-state index is 5.38. The monoisotopic (exact) mass is 235 g/mol. The van der Waals surface area contributed by atoms with E-state index in [9.17, 15) is 0 Å². The first-order chi connectivity index (χ1) is 7.81. The normalized spacial score (nSPS) is 10.9. The summed E-state index contributed by atoms with van der Waals surface area (Å²) in [6.45, 7) is 6.01. The Balaban J connectivity index is 1.87. The summed E-state index contributed by atoms with van der Waals surface area (Å²) in [7, 11) is 0. The van der Waals surface area contributed by atoms with Gasteiger partial charge in [0.2, 0.25) is 0 Å². The molecule has 2 aromatic heterocycles. The number of furan rings is 1. The molecule has 0 spiro atoms. The fourth-order valence-corrected chi connectivity index (χ4v) is 2.66. The van der Waals surface area contributed by atoms with Crippen molar-refractivity contribution < 1.29 is 4.42 Å². The van der Waals surface area contributed by atoms with Crippen LogP contribution in [0.1, 0.15) is 28.7 Å². The van der Waals surface area contributed by atoms with Gasteiger partial charge in [0.05, 0.1) is 12.8 Å². The molecule has 16 heavy (non-hydrogen) atoms. The molecule has 3 heteroatoms. The van der Waals surface area contributed by atoms with Crippen LogP contribution in [-0.4, -0.2) is 0 Å². The summed E-state index contributed by atoms with van der Waals surface area (Å²) in [5, 5.41) is 5.58. The summed E-state index contributed by atoms with van der Waals surface area (Å²) in [4.78, 5) is 1.44. The van der Waals surface area contributed by atoms with Crippen LogP contribution in [0, 0.1) is 6.92 Å². The Morgan fingerprint density at radius 2 is 2.19 bits per heavy atom. The maximum absolute atomic E-state index is 5.38. The van der Waals surface area contributed by atoms with E-state index in [-0.39, 0.29) is 0 Å². The summed E-state index contributed by atoms with van der Waals surface area (Å²) in [5.74, 6) is 1.04. The fraction of sp³-hybridized carbons (Fsp3) is 0.385. The van der Waals surface area contributed by atoms with Crippen molar-refractivity contribution in [1.82, 2.24) is 5.32 Å². The van der Waals surface area contributed by atoms with Gasteiger partial charge in [-0.25, -0.2) is 0 Å². The number of nitrogens with one attached hydrogen (secondary N) is 1. The molecule has 2 nitrogen and oxygen atoms in total. The smallest absolute Gasteiger partial charge is 0.120 e. The molecule has 0 aliphatic rings. The van der Waals surface area contributed by atoms with Crippen molar-refractivity contribution in [2.24, 2.45) is 0 Å². The van der Waals surface area contributed by atoms with E-state index >= 15 is 0 Å². The highest BCUT2D eigenvalue weighted by Gasteiger charge is 2.04. The van der Waals surface area contributed by atoms with Gasteiger partial charge >= 0.3 is 0 Å². The van der Waals surface area contributed by atoms with Crippen molar-refractivity contribution in [2.75, 3.05) is 0 Å². The zero-order valence-electron chi connectivity index (χ0n) is 9.75. The number of hydrogen-bond donors (Lipinski definition) is 1. The lowest BCUT2D eigenvalue weighted by Gasteiger charge is -2.04. The van der Waals surface area contributed by atoms with Crippen LogP contribution >= 0.6 is 11.3 Å². The van der Waals surface area contributed by atoms with Gasteiger partial charge in [-0.1, -0.05) is 6.92 Å². The van der Waals surface area contributed by atoms with Gasteiger partial charge in [0.15, 0.2) is 0 Å². The first kappa shape index (κ1) is 11.4. The minimum Gasteiger partial charge on any atom is -0.468 e. The van der Waals surface area contributed by atoms with Crippen LogP contribution in [0.2, 0.25) is 0 Å². The summed E-state index contributed by atoms with van der Waals surface area (Å²) in [5.41, 5.74) is 2.67. The largest absolute Gasteiger partial charge is 0.468 e. The van der Waals surface area contributed by atoms with Crippen molar-refractivity contribution in [2.45, 2.75) is 33.4 Å². The van der Waals surface area contributed by atoms with Crippen molar-refractivity contribution in [3.63, 3.8) is 0 Å². The molecule has 2 rings (SSSR count). The molecule has 0 aliphatic carbocycles. The standard InChI is InChI=1S/C13H17NOS/c1-3-11-5-7-16-13(11)9-14-8-12-10(2)4-6-15-12/h4-7,14H,3,8-9H2,1-2H3. The van der Waals surface area contributed by atoms with Gasteiger partial charge in [0, 0.05) is 11.4 Å². The topological polar surface area (TPSA) is 25.2 Å². The molecule has 0 aromatic carbocycles. The Labute approximate surface area is 100 Å². The first-order valence-electron chi connectivity index (χ1n) is 5.60. The van der Waals surface area contributed by atoms with E-state index < -0.39 is 0 Å². The second-order valence-electron chi connectivity index (χ2n) is 3.85. The number of aryl methyl sites for hydroxylation is 2. The molecule has 0 saturated carbocycles. The third kappa shape index (κ3) is 2.54. The minimum absolute atomic E-state index is 0.805. The lowest BCUT2D eigenvalue weighted by molar-refractivity contribution is 0.480. The van der Waals surface area contributed by atoms with E-state index in [2.05, 4.69) is 30.6 Å². The third-order valence-electron chi connectivity index (χ3n) is 2.76. The summed E-state index contributed by atoms with van der Waals surface area (Å²) in [6, 6.07) is 4.21. The SMILES string of the molecule is CCc1ccsc1CNCc1occc1C. The Morgan fingerprint density at radius 3 is 2.88 bits per heavy atom. The van der Waals surface area contributed by atoms with Crippen LogP contribution in [0.3, 0.4) is 0 Å². The maximum Gasteiger partial charge on any atom is 0.120 e. The van der Waals surface area contributed by atoms with E-state index in [4.69, 9.17) is 4.42 Å². The van der Waals surface area contributed by atoms with E-state index in [1.807, 2.05) is 17.4 Å². The molecule has 0 saturated heterocycles. The van der Waals surface area contributed by atoms with E-state index in [0.717, 1.165) is 25.3 Å². The molecule has 0 atom stereocenters. The van der Waals surface area contributed by atoms with Gasteiger partial charge < -0.3 is 9.73 Å². The van der Waals surface area contributed by atoms with Gasteiger partial charge in [0.1, 0.15) is 5.76 Å². The summed E-state index contributed by atoms with van der Waals surface area (Å²) >= 11 is 1.82. The van der Waals surface area contributed by atoms with E-state index in [1.165, 1.54) is 16.0 Å². The fourth-order valence-electron chi connectivity index (χ4n) is 1.71. The van der Waals surface area contributed by atoms with Gasteiger partial charge in [0.25, 0.3) is 0 Å². The predicted octanol–water partition coefficient (Wildman–Crippen LogP) is 3.50. The van der Waals surface area contributed by atoms with Crippen molar-refractivity contribution in [3.8, 4) is 0 Å². The zero-order valence-corrected chi connectivity index (χ0v) is 10.6. The van der Waals surface area contributed by atoms with Crippen molar-refractivity contribution in [1.29, 1.82) is 0 Å². The van der Waals surface area contributed by atoms with Gasteiger partial charge in [-0.2, -0.15) is 0 Å². The van der Waals surface area contributed by atoms with Crippen LogP contribution in [0.5, 0.6) is 0 Å². The highest BCUT2D eigenvalue weighted by atomic mass is 32.1. The number of thiophene rings is 1. The van der Waals surface area contributed by atoms with Crippen molar-refractivity contribution >= 4 is 11.3 Å². The van der Waals surface area contributed by atoms with Gasteiger partial charge in [-0.05, 0) is 42.0 Å². The number of rotatable bonds is 5. The average molecular weight is 235 g/mol. The van der Waals surface area contributed by atoms with E-state index in [1.54, 1.807) is 6.26 Å². The second kappa shape index (κ2) is 5.32. The van der Waals surface area contributed by atoms with Gasteiger partial charge in [-0.15, -0.1) is 11.3 Å². The lowest BCUT2D eigenvalue weighted by atomic mass is 10.2. The third-order valence-corrected chi connectivity index (χ3v) is 3.72. The number of hydrogen-bond acceptors (Lipinski definition) is 3. The summed E-state index contributed by atoms with van der Waals surface area (Å²) < 4.78 is 5.38. The highest BCUT2D eigenvalue weighted by Crippen LogP contribution is 2.17. The Morgan fingerprint density at radius 1 is 1.31 bits per heavy atom. The molecule has 0 bridgehead atoms. The second-order valence-corrected chi connectivity index (χ2v) is 4.85. The lowest BCUT2D eigenvalue weighted by Crippen LogP contribution is -2.12. The van der Waals surface area contributed by atoms with Gasteiger partial charge in [-0.3, -0.25) is 0 Å². The first-order valence-corrected chi connectivity index (χ1v) is 6.48. The average Bonchev–Trinajstić information content (AvgIpc) is 2.88. The Bertz CT molecular complexity index is 444. The molecule has 2 heterocycles. The Kier molecular flexibility index (Phi) is 3.80. The molecule has 0 aliphatic heterocycles. The van der Waals surface area contributed by atoms with Crippen molar-refractivity contribution in [3.05, 3.63) is 45.5 Å². The Hall–Kier alpha value is -1.06. The minimum atomic E-state index is 0.805. The van der Waals surface area contributed by atoms with Crippen LogP contribution < -0.4 is 5.32 Å². The molecular weight excluding hydrogens is 218 g/mol. The molecule has 86 valence electrons. The van der Waals surface area contributed by atoms with Crippen LogP contribution in [0.15, 0.2) is 28.2 Å². The summed E-state index contributed by atoms with van der Waals surface area (Å²) in [6.07, 6.45) is 2.86. The van der Waals surface area contributed by atoms with Crippen LogP contribution in [0.4, 0.5) is 0 Å². The molecule has 0 amide bonds. The van der Waals surface area contributed by atoms with Crippen LogP contribution in [-0.2, 0) is 19.5 Å². The molecule has 0 radical (unpaired) electrons. The zero-order chi connectivity index (χ0) is 11.4. The molecule has 0 unspecified atom stereocenters. The highest BCUT2D eigenvalue weighted by molar-refractivity contribution is 7.10. The molecular formula is C13H17NOS. The molecule has 1 N–H and O–H groups in total. The molecule has 2 aromatic rings. The predicted molar refractivity (Wildman–Crippen MR) is 67.7 cm³/mol.